The minimum Gasteiger partial charge on any atom is -0.371 e. The predicted molar refractivity (Wildman–Crippen MR) is 76.3 cm³/mol. The highest BCUT2D eigenvalue weighted by molar-refractivity contribution is 5.84. The topological polar surface area (TPSA) is 20.3 Å². The average Bonchev–Trinajstić information content (AvgIpc) is 2.47. The Morgan fingerprint density at radius 3 is 2.33 bits per heavy atom. The number of piperidine rings is 1. The molecule has 2 nitrogen and oxygen atoms in total. The summed E-state index contributed by atoms with van der Waals surface area (Å²) in [5.41, 5.74) is 2.46. The first-order chi connectivity index (χ1) is 8.74. The van der Waals surface area contributed by atoms with Gasteiger partial charge in [-0.25, -0.2) is 0 Å². The van der Waals surface area contributed by atoms with Crippen molar-refractivity contribution in [2.24, 2.45) is 5.41 Å². The molecule has 1 aliphatic rings. The van der Waals surface area contributed by atoms with Gasteiger partial charge < -0.3 is 4.90 Å². The summed E-state index contributed by atoms with van der Waals surface area (Å²) < 4.78 is 0. The van der Waals surface area contributed by atoms with Crippen molar-refractivity contribution in [1.29, 1.82) is 0 Å². The van der Waals surface area contributed by atoms with Crippen LogP contribution in [0.5, 0.6) is 0 Å². The highest BCUT2D eigenvalue weighted by atomic mass is 16.1. The van der Waals surface area contributed by atoms with Crippen molar-refractivity contribution >= 4 is 12.0 Å². The number of aldehydes is 1. The molecule has 2 rings (SSSR count). The summed E-state index contributed by atoms with van der Waals surface area (Å²) in [5, 5.41) is 0. The van der Waals surface area contributed by atoms with Crippen molar-refractivity contribution in [3.05, 3.63) is 29.8 Å². The molecule has 1 saturated heterocycles. The normalized spacial score (nSPS) is 18.7. The predicted octanol–water partition coefficient (Wildman–Crippen LogP) is 3.91. The lowest BCUT2D eigenvalue weighted by molar-refractivity contribution is 0.112. The lowest BCUT2D eigenvalue weighted by Crippen LogP contribution is -2.40. The van der Waals surface area contributed by atoms with E-state index in [1.807, 2.05) is 18.2 Å². The molecule has 98 valence electrons. The zero-order valence-electron chi connectivity index (χ0n) is 11.5. The summed E-state index contributed by atoms with van der Waals surface area (Å²) in [5.74, 6) is 0. The van der Waals surface area contributed by atoms with Gasteiger partial charge in [0, 0.05) is 24.3 Å². The summed E-state index contributed by atoms with van der Waals surface area (Å²) in [7, 11) is 0. The van der Waals surface area contributed by atoms with Gasteiger partial charge in [-0.2, -0.15) is 0 Å². The number of benzene rings is 1. The second kappa shape index (κ2) is 5.55. The third-order valence-electron chi connectivity index (χ3n) is 4.73. The highest BCUT2D eigenvalue weighted by Crippen LogP contribution is 2.39. The van der Waals surface area contributed by atoms with E-state index in [0.717, 1.165) is 30.6 Å². The van der Waals surface area contributed by atoms with Crippen LogP contribution in [0.4, 0.5) is 5.69 Å². The summed E-state index contributed by atoms with van der Waals surface area (Å²) in [6.45, 7) is 6.76. The molecule has 0 radical (unpaired) electrons. The first kappa shape index (κ1) is 13.1. The number of carbonyl (C=O) groups excluding carboxylic acids is 1. The number of hydrogen-bond donors (Lipinski definition) is 0. The Labute approximate surface area is 110 Å². The summed E-state index contributed by atoms with van der Waals surface area (Å²) in [6, 6.07) is 7.92. The zero-order chi connectivity index (χ0) is 13.0. The molecule has 1 aliphatic heterocycles. The fraction of sp³-hybridized carbons (Fsp3) is 0.562. The molecule has 18 heavy (non-hydrogen) atoms. The van der Waals surface area contributed by atoms with Gasteiger partial charge in [0.15, 0.2) is 6.29 Å². The maximum Gasteiger partial charge on any atom is 0.152 e. The fourth-order valence-electron chi connectivity index (χ4n) is 3.05. The van der Waals surface area contributed by atoms with Crippen LogP contribution in [0, 0.1) is 5.41 Å². The SMILES string of the molecule is CCC1(CC)CCN(c2ccccc2C=O)CC1. The molecule has 0 atom stereocenters. The van der Waals surface area contributed by atoms with Gasteiger partial charge in [0.25, 0.3) is 0 Å². The number of anilines is 1. The first-order valence-corrected chi connectivity index (χ1v) is 7.04. The molecule has 0 amide bonds. The quantitative estimate of drug-likeness (QED) is 0.750. The summed E-state index contributed by atoms with van der Waals surface area (Å²) >= 11 is 0. The fourth-order valence-corrected chi connectivity index (χ4v) is 3.05. The van der Waals surface area contributed by atoms with Gasteiger partial charge in [0.2, 0.25) is 0 Å². The first-order valence-electron chi connectivity index (χ1n) is 7.04. The van der Waals surface area contributed by atoms with Gasteiger partial charge in [0.1, 0.15) is 0 Å². The highest BCUT2D eigenvalue weighted by Gasteiger charge is 2.31. The Bertz CT molecular complexity index is 399. The van der Waals surface area contributed by atoms with Gasteiger partial charge >= 0.3 is 0 Å². The van der Waals surface area contributed by atoms with E-state index in [9.17, 15) is 4.79 Å². The molecule has 1 aromatic carbocycles. The molecule has 0 spiro atoms. The van der Waals surface area contributed by atoms with Crippen molar-refractivity contribution in [2.45, 2.75) is 39.5 Å². The van der Waals surface area contributed by atoms with E-state index >= 15 is 0 Å². The zero-order valence-corrected chi connectivity index (χ0v) is 11.5. The van der Waals surface area contributed by atoms with E-state index in [1.165, 1.54) is 25.7 Å². The largest absolute Gasteiger partial charge is 0.371 e. The number of para-hydroxylation sites is 1. The Balaban J connectivity index is 2.12. The van der Waals surface area contributed by atoms with Gasteiger partial charge in [-0.05, 0) is 30.4 Å². The number of rotatable bonds is 4. The van der Waals surface area contributed by atoms with E-state index in [4.69, 9.17) is 0 Å². The Hall–Kier alpha value is -1.31. The van der Waals surface area contributed by atoms with E-state index < -0.39 is 0 Å². The van der Waals surface area contributed by atoms with Crippen molar-refractivity contribution in [3.8, 4) is 0 Å². The van der Waals surface area contributed by atoms with Crippen LogP contribution in [0.25, 0.3) is 0 Å². The number of hydrogen-bond acceptors (Lipinski definition) is 2. The molecule has 1 heterocycles. The van der Waals surface area contributed by atoms with E-state index in [0.29, 0.717) is 5.41 Å². The Kier molecular flexibility index (Phi) is 4.05. The van der Waals surface area contributed by atoms with Crippen LogP contribution < -0.4 is 4.90 Å². The molecule has 1 fully saturated rings. The molecule has 0 aromatic heterocycles. The van der Waals surface area contributed by atoms with Crippen LogP contribution in [0.2, 0.25) is 0 Å². The maximum atomic E-state index is 11.1. The molecule has 0 aliphatic carbocycles. The third kappa shape index (κ3) is 2.43. The van der Waals surface area contributed by atoms with Crippen molar-refractivity contribution in [3.63, 3.8) is 0 Å². The average molecular weight is 245 g/mol. The van der Waals surface area contributed by atoms with Crippen molar-refractivity contribution < 1.29 is 4.79 Å². The van der Waals surface area contributed by atoms with Gasteiger partial charge in [-0.1, -0.05) is 38.8 Å². The van der Waals surface area contributed by atoms with Crippen molar-refractivity contribution in [1.82, 2.24) is 0 Å². The van der Waals surface area contributed by atoms with Crippen LogP contribution >= 0.6 is 0 Å². The van der Waals surface area contributed by atoms with Gasteiger partial charge in [-0.3, -0.25) is 4.79 Å². The second-order valence-corrected chi connectivity index (χ2v) is 5.37. The standard InChI is InChI=1S/C16H23NO/c1-3-16(4-2)9-11-17(12-10-16)15-8-6-5-7-14(15)13-18/h5-8,13H,3-4,9-12H2,1-2H3. The maximum absolute atomic E-state index is 11.1. The van der Waals surface area contributed by atoms with Crippen LogP contribution in [0.15, 0.2) is 24.3 Å². The molecular formula is C16H23NO. The Morgan fingerprint density at radius 2 is 1.78 bits per heavy atom. The summed E-state index contributed by atoms with van der Waals surface area (Å²) in [4.78, 5) is 13.5. The van der Waals surface area contributed by atoms with Crippen molar-refractivity contribution in [2.75, 3.05) is 18.0 Å². The Morgan fingerprint density at radius 1 is 1.17 bits per heavy atom. The minimum atomic E-state index is 0.534. The van der Waals surface area contributed by atoms with Crippen LogP contribution in [-0.4, -0.2) is 19.4 Å². The second-order valence-electron chi connectivity index (χ2n) is 5.37. The minimum absolute atomic E-state index is 0.534. The van der Waals surface area contributed by atoms with Crippen LogP contribution in [0.1, 0.15) is 49.9 Å². The van der Waals surface area contributed by atoms with Gasteiger partial charge in [-0.15, -0.1) is 0 Å². The molecular weight excluding hydrogens is 222 g/mol. The monoisotopic (exact) mass is 245 g/mol. The van der Waals surface area contributed by atoms with Crippen LogP contribution in [-0.2, 0) is 0 Å². The molecule has 0 saturated carbocycles. The molecule has 1 aromatic rings. The van der Waals surface area contributed by atoms with E-state index in [1.54, 1.807) is 0 Å². The molecule has 0 unspecified atom stereocenters. The smallest absolute Gasteiger partial charge is 0.152 e. The lowest BCUT2D eigenvalue weighted by atomic mass is 9.74. The third-order valence-corrected chi connectivity index (χ3v) is 4.73. The number of carbonyl (C=O) groups is 1. The number of nitrogens with zero attached hydrogens (tertiary/aromatic N) is 1. The summed E-state index contributed by atoms with van der Waals surface area (Å²) in [6.07, 6.45) is 6.00. The van der Waals surface area contributed by atoms with E-state index in [2.05, 4.69) is 24.8 Å². The lowest BCUT2D eigenvalue weighted by Gasteiger charge is -2.42. The van der Waals surface area contributed by atoms with Crippen LogP contribution in [0.3, 0.4) is 0 Å². The molecule has 0 N–H and O–H groups in total. The molecule has 2 heteroatoms. The van der Waals surface area contributed by atoms with Gasteiger partial charge in [0.05, 0.1) is 0 Å². The molecule has 0 bridgehead atoms. The van der Waals surface area contributed by atoms with E-state index in [-0.39, 0.29) is 0 Å².